The number of nitrogens with zero attached hydrogens (tertiary/aromatic N) is 1. The van der Waals surface area contributed by atoms with Gasteiger partial charge < -0.3 is 9.64 Å². The molecule has 6 atom stereocenters. The molecule has 3 fully saturated rings. The van der Waals surface area contributed by atoms with Gasteiger partial charge in [0.25, 0.3) is 0 Å². The van der Waals surface area contributed by atoms with Gasteiger partial charge in [0.15, 0.2) is 5.78 Å². The van der Waals surface area contributed by atoms with E-state index in [1.54, 1.807) is 11.1 Å². The molecule has 3 heteroatoms. The number of hydrogen-bond acceptors (Lipinski definition) is 3. The highest BCUT2D eigenvalue weighted by atomic mass is 16.5. The average Bonchev–Trinajstić information content (AvgIpc) is 3.43. The molecule has 6 rings (SSSR count). The lowest BCUT2D eigenvalue weighted by Gasteiger charge is -2.54. The van der Waals surface area contributed by atoms with Crippen LogP contribution in [0.15, 0.2) is 47.1 Å². The van der Waals surface area contributed by atoms with Crippen molar-refractivity contribution in [3.05, 3.63) is 52.6 Å². The topological polar surface area (TPSA) is 29.5 Å². The minimum absolute atomic E-state index is 0.114. The standard InChI is InChI=1S/C29H37NO2/c1-5-32-29-16-20(29)15-26-24-12-8-19-14-22(31)11-13-23(19)27(24)25(17-28(26,29)2)18-6-9-21(10-7-18)30(3)4/h6-7,9-10,14,20,24-26H,5,8,11-13,15-17H2,1-4H3/t20-,24-,25+,26-,28-,29-/m0/s1. The summed E-state index contributed by atoms with van der Waals surface area (Å²) in [7, 11) is 4.22. The lowest BCUT2D eigenvalue weighted by atomic mass is 9.51. The van der Waals surface area contributed by atoms with E-state index in [1.165, 1.54) is 42.5 Å². The van der Waals surface area contributed by atoms with Gasteiger partial charge in [-0.15, -0.1) is 0 Å². The second-order valence-electron chi connectivity index (χ2n) is 11.4. The molecule has 1 aromatic carbocycles. The summed E-state index contributed by atoms with van der Waals surface area (Å²) in [5.41, 5.74) is 7.68. The van der Waals surface area contributed by atoms with Crippen LogP contribution in [0.1, 0.15) is 70.3 Å². The van der Waals surface area contributed by atoms with Gasteiger partial charge in [0.2, 0.25) is 0 Å². The van der Waals surface area contributed by atoms with E-state index in [9.17, 15) is 4.79 Å². The Morgan fingerprint density at radius 3 is 2.59 bits per heavy atom. The van der Waals surface area contributed by atoms with Crippen LogP contribution in [-0.4, -0.2) is 32.1 Å². The summed E-state index contributed by atoms with van der Waals surface area (Å²) in [6.07, 6.45) is 9.70. The van der Waals surface area contributed by atoms with Crippen LogP contribution in [0.2, 0.25) is 0 Å². The second-order valence-corrected chi connectivity index (χ2v) is 11.4. The Bertz CT molecular complexity index is 1020. The number of rotatable bonds is 4. The minimum Gasteiger partial charge on any atom is -0.378 e. The molecular weight excluding hydrogens is 394 g/mol. The Labute approximate surface area is 192 Å². The fraction of sp³-hybridized carbons (Fsp3) is 0.621. The van der Waals surface area contributed by atoms with Gasteiger partial charge in [-0.25, -0.2) is 0 Å². The molecule has 0 bridgehead atoms. The predicted molar refractivity (Wildman–Crippen MR) is 129 cm³/mol. The van der Waals surface area contributed by atoms with Crippen molar-refractivity contribution in [2.75, 3.05) is 25.6 Å². The monoisotopic (exact) mass is 431 g/mol. The zero-order valence-corrected chi connectivity index (χ0v) is 20.1. The fourth-order valence-corrected chi connectivity index (χ4v) is 8.42. The number of hydrogen-bond donors (Lipinski definition) is 0. The molecule has 5 aliphatic rings. The number of ether oxygens (including phenoxy) is 1. The van der Waals surface area contributed by atoms with Crippen LogP contribution in [0.25, 0.3) is 0 Å². The van der Waals surface area contributed by atoms with Crippen molar-refractivity contribution in [1.29, 1.82) is 0 Å². The fourth-order valence-electron chi connectivity index (χ4n) is 8.42. The van der Waals surface area contributed by atoms with Crippen molar-refractivity contribution in [2.45, 2.75) is 70.3 Å². The third-order valence-electron chi connectivity index (χ3n) is 9.89. The first-order valence-corrected chi connectivity index (χ1v) is 12.8. The zero-order chi connectivity index (χ0) is 22.3. The SMILES string of the molecule is CCO[C@@]12C[C@@H]1C[C@H]1[C@@H]3CCC4=CC(=O)CCC4=C3[C@@H](c3ccc(N(C)C)cc3)C[C@@]12C. The van der Waals surface area contributed by atoms with Crippen LogP contribution in [0.3, 0.4) is 0 Å². The first-order chi connectivity index (χ1) is 15.4. The molecule has 5 aliphatic carbocycles. The van der Waals surface area contributed by atoms with Gasteiger partial charge >= 0.3 is 0 Å². The second kappa shape index (κ2) is 7.06. The summed E-state index contributed by atoms with van der Waals surface area (Å²) in [5, 5.41) is 0. The highest BCUT2D eigenvalue weighted by molar-refractivity contribution is 5.93. The number of allylic oxidation sites excluding steroid dienone is 4. The van der Waals surface area contributed by atoms with E-state index in [-0.39, 0.29) is 11.0 Å². The Kier molecular flexibility index (Phi) is 4.57. The van der Waals surface area contributed by atoms with Gasteiger partial charge in [0, 0.05) is 44.1 Å². The Morgan fingerprint density at radius 1 is 1.09 bits per heavy atom. The summed E-state index contributed by atoms with van der Waals surface area (Å²) in [5.74, 6) is 2.90. The first kappa shape index (κ1) is 20.7. The van der Waals surface area contributed by atoms with Gasteiger partial charge in [-0.05, 0) is 98.1 Å². The molecule has 0 spiro atoms. The molecule has 0 aromatic heterocycles. The van der Waals surface area contributed by atoms with E-state index in [4.69, 9.17) is 4.74 Å². The van der Waals surface area contributed by atoms with Crippen molar-refractivity contribution < 1.29 is 9.53 Å². The van der Waals surface area contributed by atoms with Crippen molar-refractivity contribution in [1.82, 2.24) is 0 Å². The average molecular weight is 432 g/mol. The minimum atomic E-state index is 0.114. The predicted octanol–water partition coefficient (Wildman–Crippen LogP) is 6.06. The number of carbonyl (C=O) groups is 1. The Hall–Kier alpha value is -1.87. The summed E-state index contributed by atoms with van der Waals surface area (Å²) in [6, 6.07) is 9.29. The zero-order valence-electron chi connectivity index (χ0n) is 20.1. The van der Waals surface area contributed by atoms with E-state index in [0.717, 1.165) is 31.3 Å². The first-order valence-electron chi connectivity index (χ1n) is 12.8. The number of ketones is 1. The van der Waals surface area contributed by atoms with Crippen LogP contribution in [0.5, 0.6) is 0 Å². The largest absolute Gasteiger partial charge is 0.378 e. The molecule has 0 saturated heterocycles. The Morgan fingerprint density at radius 2 is 1.88 bits per heavy atom. The maximum absolute atomic E-state index is 12.2. The molecule has 0 radical (unpaired) electrons. The molecule has 0 heterocycles. The molecule has 0 N–H and O–H groups in total. The summed E-state index contributed by atoms with van der Waals surface area (Å²) in [4.78, 5) is 14.4. The summed E-state index contributed by atoms with van der Waals surface area (Å²) in [6.45, 7) is 5.57. The quantitative estimate of drug-likeness (QED) is 0.580. The lowest BCUT2D eigenvalue weighted by Crippen LogP contribution is -2.48. The van der Waals surface area contributed by atoms with Crippen LogP contribution >= 0.6 is 0 Å². The van der Waals surface area contributed by atoms with E-state index >= 15 is 0 Å². The van der Waals surface area contributed by atoms with Crippen molar-refractivity contribution in [3.8, 4) is 0 Å². The molecule has 0 amide bonds. The van der Waals surface area contributed by atoms with Crippen LogP contribution in [0.4, 0.5) is 5.69 Å². The molecule has 3 saturated carbocycles. The number of anilines is 1. The van der Waals surface area contributed by atoms with Gasteiger partial charge in [0.05, 0.1) is 5.60 Å². The van der Waals surface area contributed by atoms with E-state index in [1.807, 2.05) is 6.08 Å². The molecule has 0 aliphatic heterocycles. The summed E-state index contributed by atoms with van der Waals surface area (Å²) < 4.78 is 6.59. The maximum atomic E-state index is 12.2. The van der Waals surface area contributed by atoms with Crippen LogP contribution in [-0.2, 0) is 9.53 Å². The van der Waals surface area contributed by atoms with Crippen LogP contribution in [0, 0.1) is 23.2 Å². The van der Waals surface area contributed by atoms with Crippen molar-refractivity contribution in [2.24, 2.45) is 23.2 Å². The molecular formula is C29H37NO2. The Balaban J connectivity index is 1.49. The summed E-state index contributed by atoms with van der Waals surface area (Å²) >= 11 is 0. The number of benzene rings is 1. The highest BCUT2D eigenvalue weighted by Gasteiger charge is 2.75. The van der Waals surface area contributed by atoms with E-state index in [2.05, 4.69) is 57.1 Å². The molecule has 3 nitrogen and oxygen atoms in total. The smallest absolute Gasteiger partial charge is 0.156 e. The normalized spacial score (nSPS) is 39.6. The molecule has 170 valence electrons. The number of fused-ring (bicyclic) bond motifs is 6. The molecule has 1 aromatic rings. The van der Waals surface area contributed by atoms with Crippen LogP contribution < -0.4 is 4.90 Å². The van der Waals surface area contributed by atoms with Gasteiger partial charge in [-0.1, -0.05) is 24.6 Å². The molecule has 32 heavy (non-hydrogen) atoms. The number of carbonyl (C=O) groups excluding carboxylic acids is 1. The molecule has 0 unspecified atom stereocenters. The highest BCUT2D eigenvalue weighted by Crippen LogP contribution is 2.77. The van der Waals surface area contributed by atoms with E-state index in [0.29, 0.717) is 24.0 Å². The van der Waals surface area contributed by atoms with Gasteiger partial charge in [-0.2, -0.15) is 0 Å². The van der Waals surface area contributed by atoms with Crippen molar-refractivity contribution >= 4 is 11.5 Å². The third kappa shape index (κ3) is 2.73. The van der Waals surface area contributed by atoms with Gasteiger partial charge in [0.1, 0.15) is 0 Å². The lowest BCUT2D eigenvalue weighted by molar-refractivity contribution is -0.114. The maximum Gasteiger partial charge on any atom is 0.156 e. The third-order valence-corrected chi connectivity index (χ3v) is 9.89. The van der Waals surface area contributed by atoms with Crippen molar-refractivity contribution in [3.63, 3.8) is 0 Å². The van der Waals surface area contributed by atoms with Gasteiger partial charge in [-0.3, -0.25) is 4.79 Å². The van der Waals surface area contributed by atoms with E-state index < -0.39 is 0 Å².